The van der Waals surface area contributed by atoms with Crippen molar-refractivity contribution in [3.05, 3.63) is 42.2 Å². The highest BCUT2D eigenvalue weighted by Crippen LogP contribution is 2.20. The van der Waals surface area contributed by atoms with Crippen LogP contribution >= 0.6 is 0 Å². The first-order chi connectivity index (χ1) is 10.6. The van der Waals surface area contributed by atoms with E-state index in [1.54, 1.807) is 12.1 Å². The van der Waals surface area contributed by atoms with Gasteiger partial charge in [-0.3, -0.25) is 0 Å². The molecular formula is C13H12FN5O3. The number of benzene rings is 1. The summed E-state index contributed by atoms with van der Waals surface area (Å²) in [6.07, 6.45) is 1.62. The zero-order valence-corrected chi connectivity index (χ0v) is 11.3. The number of nitrogens with zero attached hydrogens (tertiary/aromatic N) is 4. The van der Waals surface area contributed by atoms with Gasteiger partial charge in [0.25, 0.3) is 0 Å². The third-order valence-electron chi connectivity index (χ3n) is 3.16. The highest BCUT2D eigenvalue weighted by molar-refractivity contribution is 6.01. The van der Waals surface area contributed by atoms with Gasteiger partial charge in [0, 0.05) is 12.0 Å². The van der Waals surface area contributed by atoms with Crippen LogP contribution in [0.2, 0.25) is 0 Å². The standard InChI is InChI=1S/C13H12FN5O3/c14-10-3-8(1-2-12(10)19-7-15-6-17-19)11-4-9(22-18-11)5-16-13(20)21/h1-3,6-7,9,16H,4-5H2,(H,20,21). The number of rotatable bonds is 4. The maximum absolute atomic E-state index is 14.1. The molecule has 1 unspecified atom stereocenters. The lowest BCUT2D eigenvalue weighted by atomic mass is 10.0. The van der Waals surface area contributed by atoms with E-state index in [0.29, 0.717) is 17.7 Å². The molecule has 1 aromatic carbocycles. The minimum Gasteiger partial charge on any atom is -0.465 e. The molecule has 1 aromatic heterocycles. The smallest absolute Gasteiger partial charge is 0.404 e. The lowest BCUT2D eigenvalue weighted by molar-refractivity contribution is 0.0841. The largest absolute Gasteiger partial charge is 0.465 e. The normalized spacial score (nSPS) is 17.0. The molecule has 1 aliphatic heterocycles. The summed E-state index contributed by atoms with van der Waals surface area (Å²) in [5.41, 5.74) is 1.44. The van der Waals surface area contributed by atoms with E-state index in [1.807, 2.05) is 0 Å². The van der Waals surface area contributed by atoms with Crippen molar-refractivity contribution in [2.75, 3.05) is 6.54 Å². The van der Waals surface area contributed by atoms with Crippen LogP contribution in [0.25, 0.3) is 5.69 Å². The van der Waals surface area contributed by atoms with Crippen molar-refractivity contribution in [1.82, 2.24) is 20.1 Å². The molecule has 8 nitrogen and oxygen atoms in total. The third-order valence-corrected chi connectivity index (χ3v) is 3.16. The molecule has 0 saturated carbocycles. The molecule has 9 heteroatoms. The van der Waals surface area contributed by atoms with Crippen molar-refractivity contribution in [1.29, 1.82) is 0 Å². The van der Waals surface area contributed by atoms with Gasteiger partial charge in [0.1, 0.15) is 24.2 Å². The number of oxime groups is 1. The van der Waals surface area contributed by atoms with Crippen molar-refractivity contribution in [3.63, 3.8) is 0 Å². The summed E-state index contributed by atoms with van der Waals surface area (Å²) in [4.78, 5) is 19.3. The molecule has 2 heterocycles. The van der Waals surface area contributed by atoms with Crippen molar-refractivity contribution in [3.8, 4) is 5.69 Å². The first kappa shape index (κ1) is 14.0. The number of carboxylic acid groups (broad SMARTS) is 1. The molecule has 0 bridgehead atoms. The van der Waals surface area contributed by atoms with Crippen molar-refractivity contribution >= 4 is 11.8 Å². The Bertz CT molecular complexity index is 716. The Kier molecular flexibility index (Phi) is 3.69. The minimum atomic E-state index is -1.12. The highest BCUT2D eigenvalue weighted by Gasteiger charge is 2.23. The van der Waals surface area contributed by atoms with Gasteiger partial charge in [0.05, 0.1) is 12.3 Å². The summed E-state index contributed by atoms with van der Waals surface area (Å²) >= 11 is 0. The van der Waals surface area contributed by atoms with Crippen LogP contribution < -0.4 is 5.32 Å². The minimum absolute atomic E-state index is 0.127. The fourth-order valence-electron chi connectivity index (χ4n) is 2.11. The van der Waals surface area contributed by atoms with Crippen LogP contribution in [-0.2, 0) is 4.84 Å². The van der Waals surface area contributed by atoms with Gasteiger partial charge in [0.15, 0.2) is 6.10 Å². The van der Waals surface area contributed by atoms with Gasteiger partial charge < -0.3 is 15.3 Å². The Morgan fingerprint density at radius 3 is 3.09 bits per heavy atom. The van der Waals surface area contributed by atoms with Crippen LogP contribution in [0.15, 0.2) is 36.0 Å². The van der Waals surface area contributed by atoms with Crippen LogP contribution in [0.3, 0.4) is 0 Å². The van der Waals surface area contributed by atoms with Crippen molar-refractivity contribution in [2.24, 2.45) is 5.16 Å². The van der Waals surface area contributed by atoms with E-state index in [-0.39, 0.29) is 18.3 Å². The Labute approximate surface area is 124 Å². The molecule has 3 rings (SSSR count). The van der Waals surface area contributed by atoms with E-state index in [0.717, 1.165) is 0 Å². The molecule has 2 aromatic rings. The number of carbonyl (C=O) groups is 1. The molecule has 0 saturated heterocycles. The van der Waals surface area contributed by atoms with Gasteiger partial charge in [-0.15, -0.1) is 0 Å². The fourth-order valence-corrected chi connectivity index (χ4v) is 2.11. The average molecular weight is 305 g/mol. The summed E-state index contributed by atoms with van der Waals surface area (Å²) in [5, 5.41) is 18.5. The molecule has 1 amide bonds. The summed E-state index contributed by atoms with van der Waals surface area (Å²) < 4.78 is 15.5. The van der Waals surface area contributed by atoms with Gasteiger partial charge in [0.2, 0.25) is 0 Å². The quantitative estimate of drug-likeness (QED) is 0.882. The molecule has 0 fully saturated rings. The lowest BCUT2D eigenvalue weighted by Crippen LogP contribution is -2.30. The number of hydrogen-bond donors (Lipinski definition) is 2. The van der Waals surface area contributed by atoms with Crippen LogP contribution in [0.1, 0.15) is 12.0 Å². The van der Waals surface area contributed by atoms with Crippen LogP contribution in [-0.4, -0.2) is 44.3 Å². The molecule has 1 atom stereocenters. The highest BCUT2D eigenvalue weighted by atomic mass is 19.1. The third kappa shape index (κ3) is 2.87. The van der Waals surface area contributed by atoms with E-state index < -0.39 is 11.9 Å². The first-order valence-corrected chi connectivity index (χ1v) is 6.48. The molecular weight excluding hydrogens is 293 g/mol. The van der Waals surface area contributed by atoms with Crippen LogP contribution in [0.5, 0.6) is 0 Å². The van der Waals surface area contributed by atoms with Gasteiger partial charge in [-0.2, -0.15) is 5.10 Å². The van der Waals surface area contributed by atoms with Crippen molar-refractivity contribution in [2.45, 2.75) is 12.5 Å². The number of hydrogen-bond acceptors (Lipinski definition) is 5. The second kappa shape index (κ2) is 5.80. The van der Waals surface area contributed by atoms with E-state index in [9.17, 15) is 9.18 Å². The summed E-state index contributed by atoms with van der Waals surface area (Å²) in [5.74, 6) is -0.460. The number of amides is 1. The van der Waals surface area contributed by atoms with Crippen molar-refractivity contribution < 1.29 is 19.1 Å². The molecule has 1 aliphatic rings. The summed E-state index contributed by atoms with van der Waals surface area (Å²) in [6.45, 7) is 0.127. The summed E-state index contributed by atoms with van der Waals surface area (Å²) in [6, 6.07) is 4.62. The van der Waals surface area contributed by atoms with E-state index >= 15 is 0 Å². The molecule has 0 spiro atoms. The fraction of sp³-hybridized carbons (Fsp3) is 0.231. The second-order valence-corrected chi connectivity index (χ2v) is 4.66. The van der Waals surface area contributed by atoms with Gasteiger partial charge in [-0.25, -0.2) is 18.9 Å². The molecule has 0 aliphatic carbocycles. The molecule has 2 N–H and O–H groups in total. The van der Waals surface area contributed by atoms with Gasteiger partial charge in [-0.1, -0.05) is 11.2 Å². The molecule has 114 valence electrons. The first-order valence-electron chi connectivity index (χ1n) is 6.48. The number of aromatic nitrogens is 3. The number of halogens is 1. The SMILES string of the molecule is O=C(O)NCC1CC(c2ccc(-n3cncn3)c(F)c2)=NO1. The maximum Gasteiger partial charge on any atom is 0.404 e. The monoisotopic (exact) mass is 305 g/mol. The number of nitrogens with one attached hydrogen (secondary N) is 1. The average Bonchev–Trinajstić information content (AvgIpc) is 3.16. The Hall–Kier alpha value is -2.97. The summed E-state index contributed by atoms with van der Waals surface area (Å²) in [7, 11) is 0. The van der Waals surface area contributed by atoms with E-state index in [2.05, 4.69) is 20.6 Å². The molecule has 22 heavy (non-hydrogen) atoms. The zero-order chi connectivity index (χ0) is 15.5. The Morgan fingerprint density at radius 1 is 1.55 bits per heavy atom. The van der Waals surface area contributed by atoms with Crippen LogP contribution in [0.4, 0.5) is 9.18 Å². The Balaban J connectivity index is 1.71. The lowest BCUT2D eigenvalue weighted by Gasteiger charge is -2.07. The maximum atomic E-state index is 14.1. The van der Waals surface area contributed by atoms with E-state index in [4.69, 9.17) is 9.94 Å². The van der Waals surface area contributed by atoms with Gasteiger partial charge >= 0.3 is 6.09 Å². The van der Waals surface area contributed by atoms with Gasteiger partial charge in [-0.05, 0) is 12.1 Å². The Morgan fingerprint density at radius 2 is 2.41 bits per heavy atom. The topological polar surface area (TPSA) is 102 Å². The second-order valence-electron chi connectivity index (χ2n) is 4.66. The predicted molar refractivity (Wildman–Crippen MR) is 73.4 cm³/mol. The molecule has 0 radical (unpaired) electrons. The zero-order valence-electron chi connectivity index (χ0n) is 11.3. The predicted octanol–water partition coefficient (Wildman–Crippen LogP) is 1.17. The van der Waals surface area contributed by atoms with Crippen LogP contribution in [0, 0.1) is 5.82 Å². The van der Waals surface area contributed by atoms with E-state index in [1.165, 1.54) is 23.4 Å².